The predicted octanol–water partition coefficient (Wildman–Crippen LogP) is 0.204. The van der Waals surface area contributed by atoms with E-state index in [-0.39, 0.29) is 52.0 Å². The van der Waals surface area contributed by atoms with Crippen molar-refractivity contribution in [3.63, 3.8) is 0 Å². The molecule has 2 rings (SSSR count). The van der Waals surface area contributed by atoms with Gasteiger partial charge in [0.2, 0.25) is 0 Å². The second-order valence-corrected chi connectivity index (χ2v) is 11.2. The maximum atomic E-state index is 11.9. The van der Waals surface area contributed by atoms with Crippen molar-refractivity contribution in [1.29, 1.82) is 0 Å². The fourth-order valence-corrected chi connectivity index (χ4v) is 5.32. The van der Waals surface area contributed by atoms with Crippen LogP contribution in [0.5, 0.6) is 28.7 Å². The second kappa shape index (κ2) is 18.4. The van der Waals surface area contributed by atoms with Crippen molar-refractivity contribution in [2.45, 2.75) is 19.8 Å². The number of carbonyl (C=O) groups excluding carboxylic acids is 4. The molecule has 2 aromatic carbocycles. The van der Waals surface area contributed by atoms with Gasteiger partial charge in [-0.2, -0.15) is 0 Å². The first-order valence-corrected chi connectivity index (χ1v) is 14.8. The van der Waals surface area contributed by atoms with Gasteiger partial charge in [0.1, 0.15) is 11.5 Å². The minimum absolute atomic E-state index is 0. The number of hydrogen-bond donors (Lipinski definition) is 5. The molecule has 0 aliphatic carbocycles. The highest BCUT2D eigenvalue weighted by Crippen LogP contribution is 2.35. The van der Waals surface area contributed by atoms with Gasteiger partial charge in [0, 0.05) is 17.1 Å². The summed E-state index contributed by atoms with van der Waals surface area (Å²) in [6.45, 7) is 1.47. The molecule has 216 valence electrons. The summed E-state index contributed by atoms with van der Waals surface area (Å²) >= 11 is -2.92. The summed E-state index contributed by atoms with van der Waals surface area (Å²) in [5, 5.41) is 47.3. The standard InChI is InChI=1S/C8H8O4.C7H6O5.C6H10O4S2.2Al.2H2O/c1-4-6(9)2-5(8(11)12)3-7(4)10;8-4-1-3(7(11)12)2-5(9)6(4)10;7-5(8)1-3-11-12-4-2-6(9)10;;;;/h2-3,9-10H,1H3,(H,11,12);1-2,8-10H,(H,11,12);1-4H2,(H,7,8)(H,9,10);;;2*1H2/q;;;2*+2;;/p-4. The van der Waals surface area contributed by atoms with Crippen LogP contribution in [0.15, 0.2) is 24.3 Å². The van der Waals surface area contributed by atoms with E-state index in [0.29, 0.717) is 11.5 Å². The summed E-state index contributed by atoms with van der Waals surface area (Å²) < 4.78 is 19.4. The molecule has 0 bridgehead atoms. The summed E-state index contributed by atoms with van der Waals surface area (Å²) in [5.74, 6) is -5.04. The SMILES string of the molecule is Cc1c(O)cc(C(=O)[O][Al][O]C(=O)CCSSCCC(=O)[O][Al][O]C(=O)c2cc(O)c(O)c(O)c2)cc1O.O.O. The summed E-state index contributed by atoms with van der Waals surface area (Å²) in [6, 6.07) is 4.04. The van der Waals surface area contributed by atoms with E-state index in [4.69, 9.17) is 15.2 Å². The van der Waals surface area contributed by atoms with Gasteiger partial charge < -0.3 is 51.6 Å². The molecule has 9 N–H and O–H groups in total. The van der Waals surface area contributed by atoms with Crippen LogP contribution in [0, 0.1) is 6.92 Å². The van der Waals surface area contributed by atoms with Crippen LogP contribution >= 0.6 is 21.6 Å². The van der Waals surface area contributed by atoms with Crippen molar-refractivity contribution in [3.05, 3.63) is 41.0 Å². The topological polar surface area (TPSA) is 269 Å². The van der Waals surface area contributed by atoms with Crippen molar-refractivity contribution in [1.82, 2.24) is 0 Å². The Hall–Kier alpha value is -3.00. The molecule has 0 aliphatic rings. The predicted molar refractivity (Wildman–Crippen MR) is 142 cm³/mol. The number of benzene rings is 2. The van der Waals surface area contributed by atoms with Crippen LogP contribution in [-0.4, -0.2) is 104 Å². The largest absolute Gasteiger partial charge is 0.886 e. The van der Waals surface area contributed by atoms with Gasteiger partial charge in [-0.1, -0.05) is 21.6 Å². The highest BCUT2D eigenvalue weighted by atomic mass is 33.1. The first kappa shape index (κ1) is 37.0. The monoisotopic (exact) mass is 634 g/mol. The van der Waals surface area contributed by atoms with Gasteiger partial charge in [0.25, 0.3) is 11.9 Å². The van der Waals surface area contributed by atoms with Gasteiger partial charge in [0.05, 0.1) is 24.0 Å². The van der Waals surface area contributed by atoms with Crippen molar-refractivity contribution in [3.8, 4) is 28.7 Å². The van der Waals surface area contributed by atoms with E-state index in [2.05, 4.69) is 0 Å². The number of rotatable bonds is 13. The highest BCUT2D eigenvalue weighted by molar-refractivity contribution is 8.76. The zero-order valence-electron chi connectivity index (χ0n) is 20.6. The third-order valence-electron chi connectivity index (χ3n) is 4.43. The average Bonchev–Trinajstić information content (AvgIpc) is 2.87. The van der Waals surface area contributed by atoms with E-state index in [1.165, 1.54) is 28.5 Å². The Morgan fingerprint density at radius 3 is 1.38 bits per heavy atom. The van der Waals surface area contributed by atoms with Gasteiger partial charge in [0.15, 0.2) is 17.2 Å². The Labute approximate surface area is 248 Å². The molecule has 0 unspecified atom stereocenters. The fraction of sp³-hybridized carbons (Fsp3) is 0.238. The average molecular weight is 635 g/mol. The minimum atomic E-state index is -1.49. The number of hydrogen-bond acceptors (Lipinski definition) is 15. The van der Waals surface area contributed by atoms with Crippen LogP contribution in [0.3, 0.4) is 0 Å². The third-order valence-corrected chi connectivity index (χ3v) is 8.17. The zero-order chi connectivity index (χ0) is 28.2. The lowest BCUT2D eigenvalue weighted by Crippen LogP contribution is -2.16. The maximum Gasteiger partial charge on any atom is 0.886 e. The van der Waals surface area contributed by atoms with Crippen LogP contribution in [0.1, 0.15) is 39.1 Å². The van der Waals surface area contributed by atoms with Crippen molar-refractivity contribution >= 4 is 77.2 Å². The van der Waals surface area contributed by atoms with E-state index in [0.717, 1.165) is 24.3 Å². The number of phenolic OH excluding ortho intramolecular Hbond substituents is 5. The molecule has 0 saturated heterocycles. The molecule has 2 aromatic rings. The first-order chi connectivity index (χ1) is 18.0. The van der Waals surface area contributed by atoms with Gasteiger partial charge in [-0.3, -0.25) is 9.59 Å². The quantitative estimate of drug-likeness (QED) is 0.0852. The number of phenols is 5. The Morgan fingerprint density at radius 1 is 0.650 bits per heavy atom. The maximum absolute atomic E-state index is 11.9. The molecule has 19 heteroatoms. The van der Waals surface area contributed by atoms with Crippen LogP contribution < -0.4 is 0 Å². The lowest BCUT2D eigenvalue weighted by atomic mass is 10.1. The molecule has 0 saturated carbocycles. The van der Waals surface area contributed by atoms with Crippen molar-refractivity contribution in [2.24, 2.45) is 0 Å². The lowest BCUT2D eigenvalue weighted by molar-refractivity contribution is -0.135. The molecule has 0 fully saturated rings. The molecule has 0 aliphatic heterocycles. The summed E-state index contributed by atoms with van der Waals surface area (Å²) in [6.07, 6.45) is 0.0406. The van der Waals surface area contributed by atoms with E-state index < -0.39 is 72.9 Å². The van der Waals surface area contributed by atoms with E-state index in [1.807, 2.05) is 0 Å². The Bertz CT molecular complexity index is 1060. The summed E-state index contributed by atoms with van der Waals surface area (Å²) in [5.41, 5.74) is -0.109. The van der Waals surface area contributed by atoms with Crippen molar-refractivity contribution in [2.75, 3.05) is 11.5 Å². The molecule has 2 radical (unpaired) electrons. The van der Waals surface area contributed by atoms with E-state index >= 15 is 0 Å². The molecule has 0 heterocycles. The molecular weight excluding hydrogens is 610 g/mol. The smallest absolute Gasteiger partial charge is 0.589 e. The highest BCUT2D eigenvalue weighted by Gasteiger charge is 2.19. The molecule has 0 amide bonds. The van der Waals surface area contributed by atoms with E-state index in [9.17, 15) is 44.7 Å². The Kier molecular flexibility index (Phi) is 17.0. The zero-order valence-corrected chi connectivity index (χ0v) is 24.6. The lowest BCUT2D eigenvalue weighted by Gasteiger charge is -2.08. The Balaban J connectivity index is 0.00000760. The summed E-state index contributed by atoms with van der Waals surface area (Å²) in [7, 11) is 2.60. The summed E-state index contributed by atoms with van der Waals surface area (Å²) in [4.78, 5) is 47.2. The van der Waals surface area contributed by atoms with Crippen LogP contribution in [0.2, 0.25) is 0 Å². The van der Waals surface area contributed by atoms with E-state index in [1.54, 1.807) is 0 Å². The number of aromatic hydroxyl groups is 5. The third kappa shape index (κ3) is 12.0. The van der Waals surface area contributed by atoms with Crippen molar-refractivity contribution < 1.29 is 70.8 Å². The van der Waals surface area contributed by atoms with Gasteiger partial charge >= 0.3 is 43.7 Å². The molecule has 0 aromatic heterocycles. The van der Waals surface area contributed by atoms with Crippen LogP contribution in [-0.2, 0) is 24.7 Å². The Morgan fingerprint density at radius 2 is 1.00 bits per heavy atom. The minimum Gasteiger partial charge on any atom is -0.589 e. The molecule has 0 atom stereocenters. The first-order valence-electron chi connectivity index (χ1n) is 10.5. The molecule has 0 spiro atoms. The van der Waals surface area contributed by atoms with Crippen LogP contribution in [0.4, 0.5) is 0 Å². The van der Waals surface area contributed by atoms with Gasteiger partial charge in [-0.15, -0.1) is 0 Å². The molecular formula is C21H24Al2O15S2. The molecule has 15 nitrogen and oxygen atoms in total. The molecule has 40 heavy (non-hydrogen) atoms. The van der Waals surface area contributed by atoms with Gasteiger partial charge in [-0.25, -0.2) is 9.59 Å². The second-order valence-electron chi connectivity index (χ2n) is 7.13. The van der Waals surface area contributed by atoms with Crippen LogP contribution in [0.25, 0.3) is 0 Å². The normalized spacial score (nSPS) is 9.72. The fourth-order valence-electron chi connectivity index (χ4n) is 2.39. The van der Waals surface area contributed by atoms with Gasteiger partial charge in [-0.05, 0) is 31.2 Å². The number of carbonyl (C=O) groups is 4.